The monoisotopic (exact) mass is 374 g/mol. The van der Waals surface area contributed by atoms with E-state index in [1.165, 1.54) is 5.56 Å². The van der Waals surface area contributed by atoms with Gasteiger partial charge in [0.1, 0.15) is 0 Å². The third kappa shape index (κ3) is 6.22. The molecule has 148 valence electrons. The van der Waals surface area contributed by atoms with Crippen molar-refractivity contribution in [1.82, 2.24) is 15.1 Å². The first-order valence-corrected chi connectivity index (χ1v) is 9.79. The number of hydrogen-bond donors (Lipinski definition) is 2. The molecule has 2 aliphatic heterocycles. The Bertz CT molecular complexity index is 621. The molecule has 2 saturated heterocycles. The third-order valence-electron chi connectivity index (χ3n) is 5.37. The van der Waals surface area contributed by atoms with Crippen LogP contribution in [-0.4, -0.2) is 61.1 Å². The van der Waals surface area contributed by atoms with E-state index in [2.05, 4.69) is 34.5 Å². The number of nitrogens with zero attached hydrogens (tertiary/aromatic N) is 2. The highest BCUT2D eigenvalue weighted by Gasteiger charge is 2.23. The molecule has 0 spiro atoms. The zero-order valence-electron chi connectivity index (χ0n) is 15.9. The Labute approximate surface area is 160 Å². The molecule has 1 aromatic carbocycles. The number of benzene rings is 1. The average Bonchev–Trinajstić information content (AvgIpc) is 2.68. The predicted molar refractivity (Wildman–Crippen MR) is 103 cm³/mol. The van der Waals surface area contributed by atoms with Crippen LogP contribution < -0.4 is 11.1 Å². The van der Waals surface area contributed by atoms with Crippen molar-refractivity contribution in [2.45, 2.75) is 32.4 Å². The highest BCUT2D eigenvalue weighted by molar-refractivity contribution is 5.75. The van der Waals surface area contributed by atoms with Crippen molar-refractivity contribution >= 4 is 11.9 Å². The van der Waals surface area contributed by atoms with Gasteiger partial charge in [0.15, 0.2) is 0 Å². The number of hydrogen-bond acceptors (Lipinski definition) is 4. The number of primary amides is 1. The molecule has 0 bridgehead atoms. The van der Waals surface area contributed by atoms with Crippen LogP contribution in [0.4, 0.5) is 4.79 Å². The number of nitrogens with one attached hydrogen (secondary N) is 1. The van der Waals surface area contributed by atoms with Crippen molar-refractivity contribution in [3.8, 4) is 0 Å². The normalized spacial score (nSPS) is 19.0. The quantitative estimate of drug-likeness (QED) is 0.786. The number of amides is 3. The largest absolute Gasteiger partial charge is 0.379 e. The maximum atomic E-state index is 12.3. The summed E-state index contributed by atoms with van der Waals surface area (Å²) in [7, 11) is 0. The minimum atomic E-state index is -0.255. The minimum absolute atomic E-state index is 0.0371. The van der Waals surface area contributed by atoms with Crippen molar-refractivity contribution in [2.24, 2.45) is 11.7 Å². The van der Waals surface area contributed by atoms with Crippen molar-refractivity contribution in [2.75, 3.05) is 39.4 Å². The number of ether oxygens (including phenoxy) is 1. The first kappa shape index (κ1) is 19.6. The van der Waals surface area contributed by atoms with E-state index < -0.39 is 0 Å². The van der Waals surface area contributed by atoms with E-state index in [4.69, 9.17) is 10.5 Å². The number of rotatable bonds is 6. The smallest absolute Gasteiger partial charge is 0.317 e. The molecule has 2 fully saturated rings. The molecule has 2 aliphatic rings. The fourth-order valence-corrected chi connectivity index (χ4v) is 3.69. The summed E-state index contributed by atoms with van der Waals surface area (Å²) < 4.78 is 5.38. The number of piperidine rings is 1. The van der Waals surface area contributed by atoms with Gasteiger partial charge in [-0.2, -0.15) is 0 Å². The van der Waals surface area contributed by atoms with E-state index in [9.17, 15) is 9.59 Å². The Balaban J connectivity index is 1.39. The molecule has 2 heterocycles. The fraction of sp³-hybridized carbons (Fsp3) is 0.600. The highest BCUT2D eigenvalue weighted by atomic mass is 16.5. The molecule has 0 radical (unpaired) electrons. The van der Waals surface area contributed by atoms with Gasteiger partial charge in [-0.15, -0.1) is 0 Å². The lowest BCUT2D eigenvalue weighted by molar-refractivity contribution is -0.119. The summed E-state index contributed by atoms with van der Waals surface area (Å²) >= 11 is 0. The molecule has 0 saturated carbocycles. The first-order valence-electron chi connectivity index (χ1n) is 9.79. The second-order valence-electron chi connectivity index (χ2n) is 7.46. The van der Waals surface area contributed by atoms with Crippen LogP contribution in [0, 0.1) is 5.92 Å². The number of nitrogens with two attached hydrogens (primary N) is 1. The van der Waals surface area contributed by atoms with Gasteiger partial charge in [0.2, 0.25) is 5.91 Å². The van der Waals surface area contributed by atoms with Crippen molar-refractivity contribution < 1.29 is 14.3 Å². The van der Waals surface area contributed by atoms with E-state index in [1.807, 2.05) is 4.90 Å². The summed E-state index contributed by atoms with van der Waals surface area (Å²) in [5.74, 6) is 0.0560. The SMILES string of the molecule is NC(=O)CC1CCN(C(=O)NCc2ccc(CN3CCOCC3)cc2)CC1. The molecule has 0 unspecified atom stereocenters. The molecule has 3 rings (SSSR count). The van der Waals surface area contributed by atoms with Crippen molar-refractivity contribution in [3.05, 3.63) is 35.4 Å². The van der Waals surface area contributed by atoms with E-state index >= 15 is 0 Å². The van der Waals surface area contributed by atoms with Crippen LogP contribution in [0.5, 0.6) is 0 Å². The first-order chi connectivity index (χ1) is 13.1. The van der Waals surface area contributed by atoms with Gasteiger partial charge in [-0.3, -0.25) is 9.69 Å². The van der Waals surface area contributed by atoms with Crippen LogP contribution in [0.2, 0.25) is 0 Å². The average molecular weight is 374 g/mol. The van der Waals surface area contributed by atoms with Crippen LogP contribution in [0.3, 0.4) is 0 Å². The molecular weight excluding hydrogens is 344 g/mol. The van der Waals surface area contributed by atoms with Gasteiger partial charge in [0, 0.05) is 45.7 Å². The molecule has 1 aromatic rings. The maximum absolute atomic E-state index is 12.3. The van der Waals surface area contributed by atoms with Crippen LogP contribution in [0.15, 0.2) is 24.3 Å². The summed E-state index contributed by atoms with van der Waals surface area (Å²) in [5.41, 5.74) is 7.63. The van der Waals surface area contributed by atoms with Gasteiger partial charge in [-0.1, -0.05) is 24.3 Å². The van der Waals surface area contributed by atoms with Crippen molar-refractivity contribution in [1.29, 1.82) is 0 Å². The van der Waals surface area contributed by atoms with Gasteiger partial charge in [0.25, 0.3) is 0 Å². The molecular formula is C20H30N4O3. The Hall–Kier alpha value is -2.12. The number of carbonyl (C=O) groups is 2. The van der Waals surface area contributed by atoms with E-state index in [0.717, 1.165) is 51.3 Å². The number of carbonyl (C=O) groups excluding carboxylic acids is 2. The lowest BCUT2D eigenvalue weighted by Crippen LogP contribution is -2.44. The molecule has 3 N–H and O–H groups in total. The van der Waals surface area contributed by atoms with Crippen LogP contribution in [0.1, 0.15) is 30.4 Å². The Kier molecular flexibility index (Phi) is 7.06. The second-order valence-corrected chi connectivity index (χ2v) is 7.46. The van der Waals surface area contributed by atoms with Gasteiger partial charge in [-0.05, 0) is 29.9 Å². The molecule has 7 heteroatoms. The number of likely N-dealkylation sites (tertiary alicyclic amines) is 1. The van der Waals surface area contributed by atoms with Crippen molar-refractivity contribution in [3.63, 3.8) is 0 Å². The van der Waals surface area contributed by atoms with E-state index in [-0.39, 0.29) is 11.9 Å². The summed E-state index contributed by atoms with van der Waals surface area (Å²) in [5, 5.41) is 2.99. The zero-order chi connectivity index (χ0) is 19.1. The highest BCUT2D eigenvalue weighted by Crippen LogP contribution is 2.20. The molecule has 27 heavy (non-hydrogen) atoms. The third-order valence-corrected chi connectivity index (χ3v) is 5.37. The Morgan fingerprint density at radius 2 is 1.67 bits per heavy atom. The molecule has 7 nitrogen and oxygen atoms in total. The maximum Gasteiger partial charge on any atom is 0.317 e. The lowest BCUT2D eigenvalue weighted by atomic mass is 9.93. The summed E-state index contributed by atoms with van der Waals surface area (Å²) in [4.78, 5) is 27.5. The topological polar surface area (TPSA) is 87.9 Å². The molecule has 0 aliphatic carbocycles. The van der Waals surface area contributed by atoms with Gasteiger partial charge in [-0.25, -0.2) is 4.79 Å². The standard InChI is InChI=1S/C20H30N4O3/c21-19(25)13-16-5-7-24(8-6-16)20(26)22-14-17-1-3-18(4-2-17)15-23-9-11-27-12-10-23/h1-4,16H,5-15H2,(H2,21,25)(H,22,26). The van der Waals surface area contributed by atoms with Crippen LogP contribution in [-0.2, 0) is 22.6 Å². The zero-order valence-corrected chi connectivity index (χ0v) is 15.9. The van der Waals surface area contributed by atoms with E-state index in [0.29, 0.717) is 32.0 Å². The Morgan fingerprint density at radius 1 is 1.04 bits per heavy atom. The predicted octanol–water partition coefficient (Wildman–Crippen LogP) is 1.32. The summed E-state index contributed by atoms with van der Waals surface area (Å²) in [6.07, 6.45) is 2.10. The Morgan fingerprint density at radius 3 is 2.30 bits per heavy atom. The van der Waals surface area contributed by atoms with Gasteiger partial charge >= 0.3 is 6.03 Å². The van der Waals surface area contributed by atoms with Gasteiger partial charge in [0.05, 0.1) is 13.2 Å². The van der Waals surface area contributed by atoms with Gasteiger partial charge < -0.3 is 20.7 Å². The molecule has 0 aromatic heterocycles. The second kappa shape index (κ2) is 9.71. The summed E-state index contributed by atoms with van der Waals surface area (Å²) in [6, 6.07) is 8.38. The number of morpholine rings is 1. The minimum Gasteiger partial charge on any atom is -0.379 e. The fourth-order valence-electron chi connectivity index (χ4n) is 3.69. The van der Waals surface area contributed by atoms with Crippen LogP contribution >= 0.6 is 0 Å². The molecule has 0 atom stereocenters. The molecule has 3 amide bonds. The number of urea groups is 1. The van der Waals surface area contributed by atoms with E-state index in [1.54, 1.807) is 0 Å². The van der Waals surface area contributed by atoms with Crippen LogP contribution in [0.25, 0.3) is 0 Å². The summed E-state index contributed by atoms with van der Waals surface area (Å²) in [6.45, 7) is 6.41. The lowest BCUT2D eigenvalue weighted by Gasteiger charge is -2.31.